The van der Waals surface area contributed by atoms with Crippen LogP contribution in [0.15, 0.2) is 116 Å². The highest BCUT2D eigenvalue weighted by atomic mass is 14.9. The molecule has 4 aromatic heterocycles. The van der Waals surface area contributed by atoms with Gasteiger partial charge < -0.3 is 0 Å². The Hall–Kier alpha value is -11.4. The minimum absolute atomic E-state index is 0.895. The summed E-state index contributed by atoms with van der Waals surface area (Å²) >= 11 is 0. The van der Waals surface area contributed by atoms with Crippen molar-refractivity contribution in [3.05, 3.63) is 138 Å². The predicted molar refractivity (Wildman–Crippen MR) is 370 cm³/mol. The van der Waals surface area contributed by atoms with Crippen LogP contribution in [-0.2, 0) is 0 Å². The fraction of sp³-hybridized carbons (Fsp3) is 0.0494. The Morgan fingerprint density at radius 2 is 0.375 bits per heavy atom. The normalized spacial score (nSPS) is 14.4. The predicted octanol–water partition coefficient (Wildman–Crippen LogP) is 21.4. The van der Waals surface area contributed by atoms with E-state index in [2.05, 4.69) is 119 Å². The quantitative estimate of drug-likeness (QED) is 0.110. The lowest BCUT2D eigenvalue weighted by Gasteiger charge is -2.32. The van der Waals surface area contributed by atoms with Crippen molar-refractivity contribution in [3.63, 3.8) is 0 Å². The van der Waals surface area contributed by atoms with Crippen molar-refractivity contribution in [1.29, 1.82) is 0 Å². The molecule has 7 heteroatoms. The van der Waals surface area contributed by atoms with Crippen LogP contribution in [0.25, 0.3) is 292 Å². The van der Waals surface area contributed by atoms with Gasteiger partial charge in [-0.1, -0.05) is 72.8 Å². The van der Waals surface area contributed by atoms with Crippen LogP contribution in [0.1, 0.15) is 22.3 Å². The van der Waals surface area contributed by atoms with Gasteiger partial charge >= 0.3 is 0 Å². The minimum atomic E-state index is 0.895. The van der Waals surface area contributed by atoms with Gasteiger partial charge in [-0.3, -0.25) is 4.98 Å². The van der Waals surface area contributed by atoms with Gasteiger partial charge in [-0.2, -0.15) is 0 Å². The van der Waals surface area contributed by atoms with Crippen molar-refractivity contribution < 1.29 is 0 Å². The van der Waals surface area contributed by atoms with Gasteiger partial charge in [0, 0.05) is 119 Å². The molecule has 7 nitrogen and oxygen atoms in total. The van der Waals surface area contributed by atoms with E-state index in [4.69, 9.17) is 34.9 Å². The largest absolute Gasteiger partial charge is 0.256 e. The van der Waals surface area contributed by atoms with Crippen LogP contribution in [0, 0.1) is 27.7 Å². The second-order valence-corrected chi connectivity index (χ2v) is 27.2. The minimum Gasteiger partial charge on any atom is -0.256 e. The van der Waals surface area contributed by atoms with E-state index in [1.807, 2.05) is 12.5 Å². The highest BCUT2D eigenvalue weighted by Crippen LogP contribution is 2.67. The number of hydrogen-bond acceptors (Lipinski definition) is 7. The van der Waals surface area contributed by atoms with Crippen LogP contribution in [0.4, 0.5) is 0 Å². The van der Waals surface area contributed by atoms with Crippen LogP contribution in [-0.4, -0.2) is 34.9 Å². The molecule has 0 saturated heterocycles. The molecule has 0 aliphatic rings. The van der Waals surface area contributed by atoms with Crippen molar-refractivity contribution in [2.24, 2.45) is 0 Å². The third-order valence-corrected chi connectivity index (χ3v) is 24.1. The number of hydrogen-bond donors (Lipinski definition) is 0. The topological polar surface area (TPSA) is 90.2 Å². The van der Waals surface area contributed by atoms with Crippen LogP contribution in [0.3, 0.4) is 0 Å². The van der Waals surface area contributed by atoms with Crippen molar-refractivity contribution in [2.75, 3.05) is 0 Å². The lowest BCUT2D eigenvalue weighted by molar-refractivity contribution is 1.24. The zero-order valence-electron chi connectivity index (χ0n) is 47.1. The molecular weight excluding hydrogens is 1070 g/mol. The monoisotopic (exact) mass is 1100 g/mol. The lowest BCUT2D eigenvalue weighted by atomic mass is 9.70. The van der Waals surface area contributed by atoms with Gasteiger partial charge in [-0.25, -0.2) is 29.9 Å². The summed E-state index contributed by atoms with van der Waals surface area (Å²) < 4.78 is 0. The lowest BCUT2D eigenvalue weighted by Crippen LogP contribution is -2.05. The maximum atomic E-state index is 5.43. The van der Waals surface area contributed by atoms with Crippen LogP contribution in [0.5, 0.6) is 0 Å². The fourth-order valence-electron chi connectivity index (χ4n) is 21.5. The summed E-state index contributed by atoms with van der Waals surface area (Å²) in [7, 11) is 0. The third kappa shape index (κ3) is 3.44. The molecule has 0 saturated carbocycles. The van der Waals surface area contributed by atoms with Crippen molar-refractivity contribution in [3.8, 4) is 0 Å². The SMILES string of the molecule is Cc1ccc2c3nccc4c5ncnc6c7ccc8c9cc%10c%11ccc(C)c%12c%13c(C)ccc%14c%15ncnc%16c%17ncnc%18c%19ccc%20c%21cc%22c%23ccc(C)c%24c1c2c1c(c43)c(c56)c2c7c8c(c%21c9c3c%20c%19c4c(c%18%17)c(c%15%16)c(c%14%13)c(c%11%12)c4c%103)c%22c2c1c%23%24. The van der Waals surface area contributed by atoms with Crippen LogP contribution in [0.2, 0.25) is 0 Å². The Labute approximate surface area is 490 Å². The Kier molecular flexibility index (Phi) is 5.48. The van der Waals surface area contributed by atoms with Crippen molar-refractivity contribution in [1.82, 2.24) is 34.9 Å². The van der Waals surface area contributed by atoms with Gasteiger partial charge in [-0.05, 0) is 208 Å². The zero-order chi connectivity index (χ0) is 55.9. The Morgan fingerprint density at radius 1 is 0.159 bits per heavy atom. The number of rotatable bonds is 0. The molecule has 4 heterocycles. The summed E-state index contributed by atoms with van der Waals surface area (Å²) in [4.78, 5) is 37.2. The average Bonchev–Trinajstić information content (AvgIpc) is 0.637. The van der Waals surface area contributed by atoms with E-state index in [0.717, 1.165) is 60.2 Å². The average molecular weight is 1100 g/mol. The van der Waals surface area contributed by atoms with Gasteiger partial charge in [0.05, 0.1) is 27.6 Å². The molecule has 88 heavy (non-hydrogen) atoms. The Morgan fingerprint density at radius 3 is 0.761 bits per heavy atom. The highest BCUT2D eigenvalue weighted by molar-refractivity contribution is 6.68. The number of nitrogens with zero attached hydrogens (tertiary/aromatic N) is 7. The maximum Gasteiger partial charge on any atom is 0.116 e. The van der Waals surface area contributed by atoms with E-state index < -0.39 is 0 Å². The van der Waals surface area contributed by atoms with Gasteiger partial charge in [0.25, 0.3) is 0 Å². The van der Waals surface area contributed by atoms with Gasteiger partial charge in [0.15, 0.2) is 0 Å². The Balaban J connectivity index is 1.02. The summed E-state index contributed by atoms with van der Waals surface area (Å²) in [5.41, 5.74) is 12.0. The van der Waals surface area contributed by atoms with Crippen LogP contribution >= 0.6 is 0 Å². The molecule has 24 aromatic carbocycles. The van der Waals surface area contributed by atoms with E-state index in [9.17, 15) is 0 Å². The van der Waals surface area contributed by atoms with Gasteiger partial charge in [0.2, 0.25) is 0 Å². The summed E-state index contributed by atoms with van der Waals surface area (Å²) in [6.45, 7) is 9.33. The van der Waals surface area contributed by atoms with Crippen LogP contribution < -0.4 is 0 Å². The fourth-order valence-corrected chi connectivity index (χ4v) is 21.5. The first-order valence-electron chi connectivity index (χ1n) is 30.9. The molecule has 0 aliphatic heterocycles. The Bertz CT molecular complexity index is 7760. The highest BCUT2D eigenvalue weighted by Gasteiger charge is 2.39. The molecule has 0 bridgehead atoms. The first-order chi connectivity index (χ1) is 43.4. The van der Waals surface area contributed by atoms with E-state index in [1.54, 1.807) is 12.7 Å². The molecule has 0 spiro atoms. The van der Waals surface area contributed by atoms with E-state index in [1.165, 1.54) is 254 Å². The summed E-state index contributed by atoms with van der Waals surface area (Å²) in [6.07, 6.45) is 7.40. The summed E-state index contributed by atoms with van der Waals surface area (Å²) in [5, 5.41) is 61.1. The smallest absolute Gasteiger partial charge is 0.116 e. The van der Waals surface area contributed by atoms with Gasteiger partial charge in [-0.15, -0.1) is 0 Å². The first-order valence-corrected chi connectivity index (χ1v) is 30.9. The standard InChI is InChI=1S/C81H31N7/c1-24-5-9-28-39-19-38-31-14-16-35-52-48(31)59-54-37(20-40-29-10-6-25(2)42-44-27(4)8-12-33-50(44)63-61(46(29)42)67(56(40)59)65(52)71-70(63)73-77(33)85-22-87-80(73)81-74(71)78(35)86-23-88-81)30-13-15-34-51-47(30)58(53(38)54)55(39)66-60-45(28)41(24)43-26(3)7-11-32-49(43)62(60)68-57-36(17-18-82-75(32)57)79-72(69(68)64(51)66)76(34)83-21-84-79/h5-23H,1-4H3. The molecule has 28 rings (SSSR count). The second-order valence-electron chi connectivity index (χ2n) is 27.2. The molecule has 390 valence electrons. The van der Waals surface area contributed by atoms with Crippen molar-refractivity contribution >= 4 is 292 Å². The van der Waals surface area contributed by atoms with Gasteiger partial charge in [0.1, 0.15) is 30.0 Å². The van der Waals surface area contributed by atoms with Crippen molar-refractivity contribution in [2.45, 2.75) is 27.7 Å². The number of aryl methyl sites for hydroxylation is 4. The molecule has 0 amide bonds. The molecule has 28 aromatic rings. The third-order valence-electron chi connectivity index (χ3n) is 24.1. The van der Waals surface area contributed by atoms with E-state index >= 15 is 0 Å². The zero-order valence-corrected chi connectivity index (χ0v) is 47.1. The molecule has 0 fully saturated rings. The number of pyridine rings is 1. The number of aromatic nitrogens is 7. The second kappa shape index (κ2) is 11.8. The molecule has 0 atom stereocenters. The number of benzene rings is 24. The number of fused-ring (bicyclic) bond motifs is 12. The molecule has 0 unspecified atom stereocenters. The maximum absolute atomic E-state index is 5.43. The van der Waals surface area contributed by atoms with E-state index in [0.29, 0.717) is 0 Å². The van der Waals surface area contributed by atoms with E-state index in [-0.39, 0.29) is 0 Å². The molecule has 0 aliphatic carbocycles. The molecule has 0 N–H and O–H groups in total. The molecular formula is C81H31N7. The summed E-state index contributed by atoms with van der Waals surface area (Å²) in [5.74, 6) is 0. The first kappa shape index (κ1) is 40.8. The summed E-state index contributed by atoms with van der Waals surface area (Å²) in [6, 6.07) is 36.6. The molecule has 0 radical (unpaired) electrons.